The molecule has 0 saturated carbocycles. The lowest BCUT2D eigenvalue weighted by molar-refractivity contribution is -0.137. The molecule has 3 N–H and O–H groups in total. The van der Waals surface area contributed by atoms with Gasteiger partial charge >= 0.3 is 0 Å². The number of halogens is 1. The molecule has 1 aliphatic heterocycles. The van der Waals surface area contributed by atoms with Crippen molar-refractivity contribution < 1.29 is 18.4 Å². The van der Waals surface area contributed by atoms with Gasteiger partial charge in [0.2, 0.25) is 11.8 Å². The highest BCUT2D eigenvalue weighted by atomic mass is 19.1. The number of carbonyl (C=O) groups excluding carboxylic acids is 2. The van der Waals surface area contributed by atoms with Gasteiger partial charge in [-0.3, -0.25) is 9.59 Å². The molecule has 200 valence electrons. The first-order valence-electron chi connectivity index (χ1n) is 13.2. The average Bonchev–Trinajstić information content (AvgIpc) is 3.52. The molecule has 2 aromatic carbocycles. The lowest BCUT2D eigenvalue weighted by atomic mass is 9.99. The highest BCUT2D eigenvalue weighted by Crippen LogP contribution is 2.24. The van der Waals surface area contributed by atoms with Gasteiger partial charge in [0, 0.05) is 12.6 Å². The fourth-order valence-electron chi connectivity index (χ4n) is 5.10. The number of nitrogens with one attached hydrogen (secondary N) is 3. The minimum atomic E-state index is -0.931. The van der Waals surface area contributed by atoms with E-state index in [1.165, 1.54) is 6.07 Å². The van der Waals surface area contributed by atoms with E-state index in [0.717, 1.165) is 31.2 Å². The molecule has 10 heteroatoms. The van der Waals surface area contributed by atoms with E-state index < -0.39 is 23.8 Å². The molecule has 2 aromatic heterocycles. The first kappa shape index (κ1) is 25.7. The van der Waals surface area contributed by atoms with Gasteiger partial charge in [0.05, 0.1) is 18.0 Å². The molecule has 5 rings (SSSR count). The van der Waals surface area contributed by atoms with Crippen LogP contribution in [0, 0.1) is 12.7 Å². The summed E-state index contributed by atoms with van der Waals surface area (Å²) in [5.41, 5.74) is 3.03. The van der Waals surface area contributed by atoms with Crippen LogP contribution in [0.15, 0.2) is 40.8 Å². The molecule has 1 aliphatic rings. The van der Waals surface area contributed by atoms with Crippen molar-refractivity contribution in [2.24, 2.45) is 0 Å². The number of hydrogen-bond acceptors (Lipinski definition) is 6. The van der Waals surface area contributed by atoms with Gasteiger partial charge in [-0.15, -0.1) is 0 Å². The van der Waals surface area contributed by atoms with Crippen LogP contribution in [0.4, 0.5) is 10.4 Å². The molecular formula is C28H33FN6O3. The van der Waals surface area contributed by atoms with Crippen LogP contribution in [0.3, 0.4) is 0 Å². The van der Waals surface area contributed by atoms with Crippen molar-refractivity contribution in [1.29, 1.82) is 0 Å². The van der Waals surface area contributed by atoms with Crippen molar-refractivity contribution in [1.82, 2.24) is 25.2 Å². The standard InChI is InChI=1S/C28H33FN6O3/c1-4-18-8-5-6-13-35(18)24(36)15-22(33-28-32-20-12-11-16(2)14-23(20)38-28)27(37)30-17(3)26-31-21-10-7-9-19(29)25(21)34-26/h7,9-12,14,17-18,22H,4-6,8,13,15H2,1-3H3,(H,30,37)(H,31,34)(H,32,33)/t17-,18-,22-/m0/s1. The Labute approximate surface area is 220 Å². The third-order valence-electron chi connectivity index (χ3n) is 7.21. The molecule has 3 atom stereocenters. The van der Waals surface area contributed by atoms with E-state index in [2.05, 4.69) is 32.5 Å². The van der Waals surface area contributed by atoms with Gasteiger partial charge in [0.25, 0.3) is 6.01 Å². The number of carbonyl (C=O) groups is 2. The van der Waals surface area contributed by atoms with E-state index in [1.54, 1.807) is 19.1 Å². The SMILES string of the molecule is CC[C@H]1CCCCN1C(=O)C[C@H](Nc1nc2ccc(C)cc2o1)C(=O)N[C@@H](C)c1nc2c(F)cccc2[nH]1. The lowest BCUT2D eigenvalue weighted by Crippen LogP contribution is -2.48. The molecule has 1 saturated heterocycles. The quantitative estimate of drug-likeness (QED) is 0.301. The number of fused-ring (bicyclic) bond motifs is 2. The third kappa shape index (κ3) is 5.34. The summed E-state index contributed by atoms with van der Waals surface area (Å²) in [7, 11) is 0. The number of piperidine rings is 1. The highest BCUT2D eigenvalue weighted by molar-refractivity contribution is 5.91. The van der Waals surface area contributed by atoms with Crippen molar-refractivity contribution in [3.8, 4) is 0 Å². The number of imidazole rings is 1. The number of likely N-dealkylation sites (tertiary alicyclic amines) is 1. The summed E-state index contributed by atoms with van der Waals surface area (Å²) in [6.45, 7) is 6.48. The Morgan fingerprint density at radius 1 is 1.24 bits per heavy atom. The highest BCUT2D eigenvalue weighted by Gasteiger charge is 2.31. The predicted molar refractivity (Wildman–Crippen MR) is 143 cm³/mol. The van der Waals surface area contributed by atoms with Crippen LogP contribution in [0.5, 0.6) is 0 Å². The first-order chi connectivity index (χ1) is 18.3. The molecule has 0 radical (unpaired) electrons. The zero-order valence-electron chi connectivity index (χ0n) is 21.9. The van der Waals surface area contributed by atoms with Crippen molar-refractivity contribution in [2.75, 3.05) is 11.9 Å². The summed E-state index contributed by atoms with van der Waals surface area (Å²) in [5, 5.41) is 5.97. The van der Waals surface area contributed by atoms with Crippen LogP contribution < -0.4 is 10.6 Å². The van der Waals surface area contributed by atoms with Gasteiger partial charge in [0.15, 0.2) is 11.4 Å². The van der Waals surface area contributed by atoms with Crippen LogP contribution in [0.2, 0.25) is 0 Å². The molecule has 0 bridgehead atoms. The normalized spacial score (nSPS) is 17.5. The van der Waals surface area contributed by atoms with E-state index in [9.17, 15) is 14.0 Å². The van der Waals surface area contributed by atoms with Crippen molar-refractivity contribution in [2.45, 2.75) is 71.0 Å². The minimum absolute atomic E-state index is 0.0540. The van der Waals surface area contributed by atoms with E-state index in [1.807, 2.05) is 30.0 Å². The molecule has 1 fully saturated rings. The van der Waals surface area contributed by atoms with Gasteiger partial charge in [0.1, 0.15) is 22.9 Å². The summed E-state index contributed by atoms with van der Waals surface area (Å²) in [6, 6.07) is 9.18. The maximum atomic E-state index is 14.2. The topological polar surface area (TPSA) is 116 Å². The first-order valence-corrected chi connectivity index (χ1v) is 13.2. The number of aryl methyl sites for hydroxylation is 1. The van der Waals surface area contributed by atoms with Crippen molar-refractivity contribution in [3.63, 3.8) is 0 Å². The Bertz CT molecular complexity index is 1460. The number of nitrogens with zero attached hydrogens (tertiary/aromatic N) is 3. The molecule has 2 amide bonds. The number of aromatic amines is 1. The maximum Gasteiger partial charge on any atom is 0.296 e. The van der Waals surface area contributed by atoms with Crippen molar-refractivity contribution in [3.05, 3.63) is 53.6 Å². The molecule has 0 unspecified atom stereocenters. The number of rotatable bonds is 8. The average molecular weight is 521 g/mol. The van der Waals surface area contributed by atoms with E-state index >= 15 is 0 Å². The smallest absolute Gasteiger partial charge is 0.296 e. The summed E-state index contributed by atoms with van der Waals surface area (Å²) in [5.74, 6) is -0.514. The van der Waals surface area contributed by atoms with E-state index in [-0.39, 0.29) is 29.9 Å². The monoisotopic (exact) mass is 520 g/mol. The van der Waals surface area contributed by atoms with Crippen LogP contribution in [0.1, 0.15) is 63.4 Å². The number of aromatic nitrogens is 3. The number of benzene rings is 2. The van der Waals surface area contributed by atoms with E-state index in [4.69, 9.17) is 4.42 Å². The Balaban J connectivity index is 1.37. The number of hydrogen-bond donors (Lipinski definition) is 3. The molecule has 0 spiro atoms. The Hall–Kier alpha value is -3.95. The second kappa shape index (κ2) is 10.8. The number of oxazole rings is 1. The molecule has 38 heavy (non-hydrogen) atoms. The Kier molecular flexibility index (Phi) is 7.31. The molecule has 4 aromatic rings. The fourth-order valence-corrected chi connectivity index (χ4v) is 5.10. The summed E-state index contributed by atoms with van der Waals surface area (Å²) in [6.07, 6.45) is 3.84. The summed E-state index contributed by atoms with van der Waals surface area (Å²) < 4.78 is 20.0. The predicted octanol–water partition coefficient (Wildman–Crippen LogP) is 4.99. The Morgan fingerprint density at radius 2 is 2.08 bits per heavy atom. The number of anilines is 1. The van der Waals surface area contributed by atoms with Crippen molar-refractivity contribution >= 4 is 40.0 Å². The van der Waals surface area contributed by atoms with Crippen LogP contribution in [-0.2, 0) is 9.59 Å². The van der Waals surface area contributed by atoms with Gasteiger partial charge < -0.3 is 24.9 Å². The second-order valence-electron chi connectivity index (χ2n) is 10.0. The summed E-state index contributed by atoms with van der Waals surface area (Å²) >= 11 is 0. The second-order valence-corrected chi connectivity index (χ2v) is 10.0. The van der Waals surface area contributed by atoms with E-state index in [0.29, 0.717) is 29.0 Å². The van der Waals surface area contributed by atoms with Gasteiger partial charge in [-0.05, 0) is 69.4 Å². The molecule has 9 nitrogen and oxygen atoms in total. The third-order valence-corrected chi connectivity index (χ3v) is 7.21. The maximum absolute atomic E-state index is 14.2. The van der Waals surface area contributed by atoms with Crippen LogP contribution in [0.25, 0.3) is 22.1 Å². The van der Waals surface area contributed by atoms with Gasteiger partial charge in [-0.25, -0.2) is 9.37 Å². The number of amides is 2. The van der Waals surface area contributed by atoms with Gasteiger partial charge in [-0.1, -0.05) is 19.1 Å². The zero-order valence-corrected chi connectivity index (χ0v) is 21.9. The molecule has 3 heterocycles. The largest absolute Gasteiger partial charge is 0.424 e. The molecule has 0 aliphatic carbocycles. The lowest BCUT2D eigenvalue weighted by Gasteiger charge is -2.36. The van der Waals surface area contributed by atoms with Crippen LogP contribution >= 0.6 is 0 Å². The Morgan fingerprint density at radius 3 is 2.87 bits per heavy atom. The number of H-pyrrole nitrogens is 1. The van der Waals surface area contributed by atoms with Crippen LogP contribution in [-0.4, -0.2) is 50.3 Å². The van der Waals surface area contributed by atoms with Gasteiger partial charge in [-0.2, -0.15) is 4.98 Å². The summed E-state index contributed by atoms with van der Waals surface area (Å²) in [4.78, 5) is 40.7. The minimum Gasteiger partial charge on any atom is -0.424 e. The number of para-hydroxylation sites is 1. The molecular weight excluding hydrogens is 487 g/mol. The fraction of sp³-hybridized carbons (Fsp3) is 0.429. The zero-order chi connectivity index (χ0) is 26.8.